The van der Waals surface area contributed by atoms with Gasteiger partial charge in [-0.1, -0.05) is 46.3 Å². The van der Waals surface area contributed by atoms with Gasteiger partial charge in [-0.3, -0.25) is 0 Å². The minimum Gasteiger partial charge on any atom is -0.353 e. The van der Waals surface area contributed by atoms with Gasteiger partial charge in [-0.25, -0.2) is 0 Å². The van der Waals surface area contributed by atoms with Crippen molar-refractivity contribution in [2.24, 2.45) is 0 Å². The third kappa shape index (κ3) is 1.89. The van der Waals surface area contributed by atoms with Gasteiger partial charge in [0.2, 0.25) is 0 Å². The van der Waals surface area contributed by atoms with Crippen molar-refractivity contribution in [3.8, 4) is 0 Å². The van der Waals surface area contributed by atoms with Gasteiger partial charge in [0, 0.05) is 27.4 Å². The number of nitrogens with two attached hydrogens (primary N) is 1. The summed E-state index contributed by atoms with van der Waals surface area (Å²) < 4.78 is 1.13. The van der Waals surface area contributed by atoms with Crippen LogP contribution in [0, 0.1) is 0 Å². The second-order valence-corrected chi connectivity index (χ2v) is 6.28. The first-order chi connectivity index (χ1) is 9.83. The fourth-order valence-corrected chi connectivity index (χ4v) is 3.51. The highest BCUT2D eigenvalue weighted by Gasteiger charge is 2.28. The number of aromatic amines is 1. The van der Waals surface area contributed by atoms with Gasteiger partial charge in [0.05, 0.1) is 12.2 Å². The molecule has 0 saturated carbocycles. The number of halogens is 1. The largest absolute Gasteiger partial charge is 0.353 e. The molecule has 2 nitrogen and oxygen atoms in total. The monoisotopic (exact) mass is 327 g/mol. The van der Waals surface area contributed by atoms with E-state index in [-0.39, 0.29) is 0 Å². The third-order valence-electron chi connectivity index (χ3n) is 4.18. The summed E-state index contributed by atoms with van der Waals surface area (Å²) in [7, 11) is 0. The van der Waals surface area contributed by atoms with E-state index in [1.807, 2.05) is 0 Å². The van der Waals surface area contributed by atoms with Gasteiger partial charge in [0.15, 0.2) is 6.04 Å². The second kappa shape index (κ2) is 4.76. The second-order valence-electron chi connectivity index (χ2n) is 5.37. The van der Waals surface area contributed by atoms with Crippen molar-refractivity contribution in [1.29, 1.82) is 0 Å². The average molecular weight is 328 g/mol. The maximum absolute atomic E-state index is 3.64. The van der Waals surface area contributed by atoms with Gasteiger partial charge in [-0.05, 0) is 23.8 Å². The maximum atomic E-state index is 3.64. The van der Waals surface area contributed by atoms with Crippen LogP contribution in [0.3, 0.4) is 0 Å². The fraction of sp³-hybridized carbons (Fsp3) is 0.176. The molecule has 3 heteroatoms. The summed E-state index contributed by atoms with van der Waals surface area (Å²) in [6.07, 6.45) is 1.15. The highest BCUT2D eigenvalue weighted by Crippen LogP contribution is 2.30. The number of aromatic nitrogens is 1. The normalized spacial score (nSPS) is 18.1. The zero-order chi connectivity index (χ0) is 13.5. The summed E-state index contributed by atoms with van der Waals surface area (Å²) in [6.45, 7) is 1.15. The summed E-state index contributed by atoms with van der Waals surface area (Å²) in [5.41, 5.74) is 5.49. The van der Waals surface area contributed by atoms with Crippen LogP contribution in [0.5, 0.6) is 0 Å². The summed E-state index contributed by atoms with van der Waals surface area (Å²) in [5, 5.41) is 3.82. The highest BCUT2D eigenvalue weighted by atomic mass is 79.9. The van der Waals surface area contributed by atoms with E-state index < -0.39 is 0 Å². The molecule has 3 N–H and O–H groups in total. The number of quaternary nitrogens is 1. The van der Waals surface area contributed by atoms with Crippen molar-refractivity contribution < 1.29 is 5.32 Å². The van der Waals surface area contributed by atoms with Crippen LogP contribution in [0.2, 0.25) is 0 Å². The number of rotatable bonds is 1. The third-order valence-corrected chi connectivity index (χ3v) is 4.71. The van der Waals surface area contributed by atoms with Gasteiger partial charge >= 0.3 is 0 Å². The summed E-state index contributed by atoms with van der Waals surface area (Å²) in [5.74, 6) is 0. The smallest absolute Gasteiger partial charge is 0.153 e. The van der Waals surface area contributed by atoms with Crippen molar-refractivity contribution in [2.45, 2.75) is 12.5 Å². The van der Waals surface area contributed by atoms with E-state index in [0.29, 0.717) is 6.04 Å². The van der Waals surface area contributed by atoms with Crippen molar-refractivity contribution in [2.75, 3.05) is 6.54 Å². The Labute approximate surface area is 126 Å². The Hall–Kier alpha value is -1.58. The Morgan fingerprint density at radius 3 is 2.70 bits per heavy atom. The van der Waals surface area contributed by atoms with Crippen LogP contribution >= 0.6 is 15.9 Å². The molecule has 0 saturated heterocycles. The van der Waals surface area contributed by atoms with Crippen molar-refractivity contribution in [3.05, 3.63) is 69.8 Å². The first kappa shape index (κ1) is 12.2. The van der Waals surface area contributed by atoms with Crippen LogP contribution in [-0.2, 0) is 6.42 Å². The van der Waals surface area contributed by atoms with E-state index in [1.54, 1.807) is 0 Å². The molecular weight excluding hydrogens is 312 g/mol. The fourth-order valence-electron chi connectivity index (χ4n) is 3.24. The molecule has 0 aliphatic carbocycles. The molecule has 3 aromatic rings. The van der Waals surface area contributed by atoms with E-state index in [2.05, 4.69) is 74.8 Å². The SMILES string of the molecule is Brc1ccc(C2[NH2+]CCc3c2[nH]c2ccccc32)cc1. The molecule has 1 aromatic heterocycles. The Morgan fingerprint density at radius 1 is 1.05 bits per heavy atom. The average Bonchev–Trinajstić information content (AvgIpc) is 2.87. The maximum Gasteiger partial charge on any atom is 0.153 e. The molecule has 20 heavy (non-hydrogen) atoms. The molecule has 1 aliphatic heterocycles. The van der Waals surface area contributed by atoms with Crippen molar-refractivity contribution in [3.63, 3.8) is 0 Å². The minimum atomic E-state index is 0.388. The topological polar surface area (TPSA) is 32.4 Å². The number of H-pyrrole nitrogens is 1. The molecular formula is C17H16BrN2+. The Bertz CT molecular complexity index is 758. The van der Waals surface area contributed by atoms with E-state index in [0.717, 1.165) is 17.4 Å². The van der Waals surface area contributed by atoms with Crippen molar-refractivity contribution >= 4 is 26.8 Å². The van der Waals surface area contributed by atoms with E-state index in [1.165, 1.54) is 27.7 Å². The molecule has 0 bridgehead atoms. The molecule has 0 spiro atoms. The molecule has 1 unspecified atom stereocenters. The number of hydrogen-bond donors (Lipinski definition) is 2. The molecule has 1 aliphatic rings. The number of fused-ring (bicyclic) bond motifs is 3. The van der Waals surface area contributed by atoms with Crippen LogP contribution in [0.4, 0.5) is 0 Å². The Balaban J connectivity index is 1.87. The van der Waals surface area contributed by atoms with Gasteiger partial charge < -0.3 is 10.3 Å². The van der Waals surface area contributed by atoms with E-state index in [9.17, 15) is 0 Å². The number of nitrogens with one attached hydrogen (secondary N) is 1. The number of para-hydroxylation sites is 1. The van der Waals surface area contributed by atoms with Gasteiger partial charge in [-0.15, -0.1) is 0 Å². The predicted octanol–water partition coefficient (Wildman–Crippen LogP) is 3.14. The number of hydrogen-bond acceptors (Lipinski definition) is 0. The molecule has 0 amide bonds. The number of benzene rings is 2. The minimum absolute atomic E-state index is 0.388. The lowest BCUT2D eigenvalue weighted by atomic mass is 9.94. The molecule has 2 aromatic carbocycles. The molecule has 100 valence electrons. The lowest BCUT2D eigenvalue weighted by Gasteiger charge is -2.21. The quantitative estimate of drug-likeness (QED) is 0.688. The van der Waals surface area contributed by atoms with E-state index >= 15 is 0 Å². The molecule has 0 fully saturated rings. The molecule has 4 rings (SSSR count). The first-order valence-electron chi connectivity index (χ1n) is 7.01. The Morgan fingerprint density at radius 2 is 1.85 bits per heavy atom. The van der Waals surface area contributed by atoms with Crippen LogP contribution in [0.15, 0.2) is 53.0 Å². The Kier molecular flexibility index (Phi) is 2.90. The lowest BCUT2D eigenvalue weighted by molar-refractivity contribution is -0.690. The molecule has 0 radical (unpaired) electrons. The highest BCUT2D eigenvalue weighted by molar-refractivity contribution is 9.10. The molecule has 2 heterocycles. The van der Waals surface area contributed by atoms with E-state index in [4.69, 9.17) is 0 Å². The van der Waals surface area contributed by atoms with Crippen LogP contribution in [0.25, 0.3) is 10.9 Å². The van der Waals surface area contributed by atoms with Crippen LogP contribution < -0.4 is 5.32 Å². The zero-order valence-corrected chi connectivity index (χ0v) is 12.7. The summed E-state index contributed by atoms with van der Waals surface area (Å²) in [6, 6.07) is 17.7. The summed E-state index contributed by atoms with van der Waals surface area (Å²) >= 11 is 3.51. The van der Waals surface area contributed by atoms with Gasteiger partial charge in [0.25, 0.3) is 0 Å². The van der Waals surface area contributed by atoms with Crippen LogP contribution in [-0.4, -0.2) is 11.5 Å². The van der Waals surface area contributed by atoms with Gasteiger partial charge in [-0.2, -0.15) is 0 Å². The first-order valence-corrected chi connectivity index (χ1v) is 7.80. The van der Waals surface area contributed by atoms with Gasteiger partial charge in [0.1, 0.15) is 0 Å². The summed E-state index contributed by atoms with van der Waals surface area (Å²) in [4.78, 5) is 3.64. The lowest BCUT2D eigenvalue weighted by Crippen LogP contribution is -2.87. The standard InChI is InChI=1S/C17H15BrN2/c18-12-7-5-11(6-8-12)16-17-14(9-10-19-16)13-3-1-2-4-15(13)20-17/h1-8,16,19-20H,9-10H2/p+1. The predicted molar refractivity (Wildman–Crippen MR) is 84.8 cm³/mol. The zero-order valence-electron chi connectivity index (χ0n) is 11.1. The van der Waals surface area contributed by atoms with Crippen LogP contribution in [0.1, 0.15) is 22.9 Å². The van der Waals surface area contributed by atoms with Crippen molar-refractivity contribution in [1.82, 2.24) is 4.98 Å². The molecule has 1 atom stereocenters.